The fraction of sp³-hybridized carbons (Fsp3) is 0.208. The van der Waals surface area contributed by atoms with Crippen LogP contribution in [0.1, 0.15) is 52.8 Å². The molecule has 2 unspecified atom stereocenters. The first-order chi connectivity index (χ1) is 24.5. The van der Waals surface area contributed by atoms with Crippen molar-refractivity contribution in [2.24, 2.45) is 11.8 Å². The average molecular weight is 802 g/mol. The Kier molecular flexibility index (Phi) is 19.0. The minimum Gasteiger partial charge on any atom is -0.214 e. The zero-order valence-electron chi connectivity index (χ0n) is 30.5. The summed E-state index contributed by atoms with van der Waals surface area (Å²) in [6, 6.07) is 57.5. The molecule has 1 N–H and O–H groups in total. The third-order valence-electron chi connectivity index (χ3n) is 9.45. The molecular weight excluding hydrogens is 753 g/mol. The fourth-order valence-corrected chi connectivity index (χ4v) is 7.32. The molecular formula is C48H49Cl2NZr-2. The van der Waals surface area contributed by atoms with E-state index in [0.29, 0.717) is 11.8 Å². The summed E-state index contributed by atoms with van der Waals surface area (Å²) in [7, 11) is 0. The summed E-state index contributed by atoms with van der Waals surface area (Å²) >= 11 is 1.55. The van der Waals surface area contributed by atoms with E-state index in [1.807, 2.05) is 30.3 Å². The van der Waals surface area contributed by atoms with Gasteiger partial charge in [0.2, 0.25) is 0 Å². The number of H-pyrrole nitrogens is 1. The standard InChI is InChI=1S/C28H30N.C15H14.C5H5.2ClH.Zr/c1-20(16-23-10-6-4-7-11-23)21(2)17-26-19-29-28-22(3)25(14-15-27(26)28)18-24-12-8-5-9-13-24;1-3-8-14(9-4-1)12-7-13-15-10-5-2-6-11-15;1-2-4-5-3-1;;;/h4-15,20-21,29H,16-18H2,1-3H3;1-6,8-11H,12-13H2;1-5H;2*1H;/q-1;;-1;;;+2/p-2. The third-order valence-corrected chi connectivity index (χ3v) is 10.3. The van der Waals surface area contributed by atoms with Crippen molar-refractivity contribution in [2.45, 2.75) is 52.9 Å². The van der Waals surface area contributed by atoms with Gasteiger partial charge in [0, 0.05) is 0 Å². The molecule has 7 aromatic rings. The van der Waals surface area contributed by atoms with Crippen LogP contribution in [0.5, 0.6) is 0 Å². The predicted molar refractivity (Wildman–Crippen MR) is 211 cm³/mol. The second kappa shape index (κ2) is 23.1. The van der Waals surface area contributed by atoms with Crippen LogP contribution in [0.2, 0.25) is 0 Å². The van der Waals surface area contributed by atoms with Gasteiger partial charge in [0.15, 0.2) is 0 Å². The Morgan fingerprint density at radius 1 is 0.596 bits per heavy atom. The van der Waals surface area contributed by atoms with E-state index in [1.54, 1.807) is 27.4 Å². The van der Waals surface area contributed by atoms with Crippen LogP contribution in [-0.4, -0.2) is 8.19 Å². The topological polar surface area (TPSA) is 15.8 Å². The monoisotopic (exact) mass is 799 g/mol. The van der Waals surface area contributed by atoms with Crippen LogP contribution in [0.3, 0.4) is 0 Å². The van der Waals surface area contributed by atoms with Gasteiger partial charge in [-0.15, -0.1) is 23.3 Å². The molecule has 0 aliphatic heterocycles. The Hall–Kier alpha value is -3.68. The van der Waals surface area contributed by atoms with Crippen molar-refractivity contribution in [2.75, 3.05) is 0 Å². The van der Waals surface area contributed by atoms with Crippen molar-refractivity contribution < 1.29 is 49.0 Å². The van der Waals surface area contributed by atoms with E-state index >= 15 is 0 Å². The first-order valence-electron chi connectivity index (χ1n) is 17.9. The molecule has 1 heterocycles. The Labute approximate surface area is 339 Å². The summed E-state index contributed by atoms with van der Waals surface area (Å²) in [6.07, 6.45) is 8.87. The van der Waals surface area contributed by atoms with Crippen LogP contribution >= 0.6 is 0 Å². The smallest absolute Gasteiger partial charge is 0.172 e. The van der Waals surface area contributed by atoms with Crippen LogP contribution in [-0.2, 0) is 56.3 Å². The Bertz CT molecular complexity index is 1910. The normalized spacial score (nSPS) is 11.4. The first-order valence-corrected chi connectivity index (χ1v) is 19.1. The number of aromatic amines is 1. The number of nitrogens with one attached hydrogen (secondary N) is 1. The molecule has 0 radical (unpaired) electrons. The number of halogens is 2. The van der Waals surface area contributed by atoms with Crippen LogP contribution in [0, 0.1) is 25.0 Å². The van der Waals surface area contributed by atoms with Crippen molar-refractivity contribution in [3.63, 3.8) is 0 Å². The quantitative estimate of drug-likeness (QED) is 0.166. The van der Waals surface area contributed by atoms with Gasteiger partial charge in [0.25, 0.3) is 0 Å². The second-order valence-electron chi connectivity index (χ2n) is 13.4. The van der Waals surface area contributed by atoms with Gasteiger partial charge in [0.1, 0.15) is 0 Å². The largest absolute Gasteiger partial charge is 0.214 e. The van der Waals surface area contributed by atoms with Gasteiger partial charge in [-0.25, -0.2) is 12.1 Å². The van der Waals surface area contributed by atoms with Gasteiger partial charge in [0.05, 0.1) is 0 Å². The molecule has 0 saturated heterocycles. The molecule has 7 rings (SSSR count). The number of rotatable bonds is 11. The molecule has 0 aliphatic carbocycles. The predicted octanol–water partition coefficient (Wildman–Crippen LogP) is 5.53. The zero-order chi connectivity index (χ0) is 35.0. The maximum Gasteiger partial charge on any atom is -0.172 e. The number of benzene rings is 5. The van der Waals surface area contributed by atoms with E-state index in [0.717, 1.165) is 32.1 Å². The number of hydrogen-bond donors (Lipinski definition) is 1. The van der Waals surface area contributed by atoms with Gasteiger partial charge < -0.3 is 29.8 Å². The van der Waals surface area contributed by atoms with Crippen molar-refractivity contribution in [1.82, 2.24) is 4.98 Å². The van der Waals surface area contributed by atoms with Crippen LogP contribution in [0.15, 0.2) is 164 Å². The van der Waals surface area contributed by atoms with E-state index in [1.165, 1.54) is 49.8 Å². The van der Waals surface area contributed by atoms with Crippen molar-refractivity contribution in [3.8, 4) is 0 Å². The summed E-state index contributed by atoms with van der Waals surface area (Å²) in [5.41, 5.74) is 10.9. The third kappa shape index (κ3) is 13.7. The average Bonchev–Trinajstić information content (AvgIpc) is 3.86. The SMILES string of the molecule is Cc1c(Cc2ccccc2)ccc2c(CC(C)C(C)Cc3ccccc3)[c-][nH]c12.[Cl-].[Cl-].[Zr+2]=[C](Cc1ccccc1)Cc1ccccc1.c1cc[cH-]c1. The molecule has 2 atom stereocenters. The number of fused-ring (bicyclic) bond motifs is 1. The molecule has 0 saturated carbocycles. The van der Waals surface area contributed by atoms with E-state index in [-0.39, 0.29) is 24.8 Å². The molecule has 266 valence electrons. The molecule has 4 heteroatoms. The first kappa shape index (κ1) is 42.7. The van der Waals surface area contributed by atoms with Crippen molar-refractivity contribution in [3.05, 3.63) is 209 Å². The van der Waals surface area contributed by atoms with E-state index in [9.17, 15) is 0 Å². The summed E-state index contributed by atoms with van der Waals surface area (Å²) < 4.78 is 1.60. The molecule has 0 amide bonds. The summed E-state index contributed by atoms with van der Waals surface area (Å²) in [5, 5.41) is 1.33. The van der Waals surface area contributed by atoms with E-state index in [4.69, 9.17) is 0 Å². The molecule has 0 bridgehead atoms. The minimum absolute atomic E-state index is 0. The van der Waals surface area contributed by atoms with Gasteiger partial charge in [-0.05, 0) is 42.2 Å². The molecule has 0 fully saturated rings. The van der Waals surface area contributed by atoms with Gasteiger partial charge >= 0.3 is 112 Å². The maximum atomic E-state index is 3.47. The Morgan fingerprint density at radius 2 is 1.06 bits per heavy atom. The number of hydrogen-bond acceptors (Lipinski definition) is 0. The van der Waals surface area contributed by atoms with Crippen LogP contribution < -0.4 is 24.8 Å². The van der Waals surface area contributed by atoms with E-state index < -0.39 is 0 Å². The summed E-state index contributed by atoms with van der Waals surface area (Å²) in [4.78, 5) is 3.45. The Balaban J connectivity index is 0.000000266. The van der Waals surface area contributed by atoms with Gasteiger partial charge in [-0.3, -0.25) is 0 Å². The molecule has 0 spiro atoms. The molecule has 0 aliphatic rings. The van der Waals surface area contributed by atoms with Crippen molar-refractivity contribution >= 4 is 14.1 Å². The molecule has 52 heavy (non-hydrogen) atoms. The zero-order valence-corrected chi connectivity index (χ0v) is 34.5. The fourth-order valence-electron chi connectivity index (χ4n) is 6.32. The van der Waals surface area contributed by atoms with E-state index in [2.05, 4.69) is 165 Å². The molecule has 6 aromatic carbocycles. The number of aryl methyl sites for hydroxylation is 1. The molecule has 1 aromatic heterocycles. The van der Waals surface area contributed by atoms with Crippen LogP contribution in [0.25, 0.3) is 10.9 Å². The van der Waals surface area contributed by atoms with Crippen LogP contribution in [0.4, 0.5) is 0 Å². The van der Waals surface area contributed by atoms with Gasteiger partial charge in [-0.2, -0.15) is 23.6 Å². The van der Waals surface area contributed by atoms with Crippen molar-refractivity contribution in [1.29, 1.82) is 0 Å². The second-order valence-corrected chi connectivity index (χ2v) is 15.1. The Morgan fingerprint density at radius 3 is 1.54 bits per heavy atom. The number of aromatic nitrogens is 1. The minimum atomic E-state index is 0. The molecule has 1 nitrogen and oxygen atoms in total. The summed E-state index contributed by atoms with van der Waals surface area (Å²) in [6.45, 7) is 6.98. The van der Waals surface area contributed by atoms with Gasteiger partial charge in [-0.1, -0.05) is 98.6 Å². The summed E-state index contributed by atoms with van der Waals surface area (Å²) in [5.74, 6) is 1.24. The maximum absolute atomic E-state index is 3.47.